The molecule has 2 amide bonds. The van der Waals surface area contributed by atoms with Crippen LogP contribution in [-0.4, -0.2) is 41.9 Å². The number of nitrogens with zero attached hydrogens (tertiary/aromatic N) is 1. The van der Waals surface area contributed by atoms with Crippen molar-refractivity contribution in [3.63, 3.8) is 0 Å². The number of fused-ring (bicyclic) bond motifs is 1. The fourth-order valence-electron chi connectivity index (χ4n) is 2.48. The Morgan fingerprint density at radius 2 is 1.52 bits per heavy atom. The molecule has 0 radical (unpaired) electrons. The minimum atomic E-state index is -1.22. The van der Waals surface area contributed by atoms with Crippen LogP contribution in [0.3, 0.4) is 0 Å². The van der Waals surface area contributed by atoms with E-state index in [1.807, 2.05) is 0 Å². The van der Waals surface area contributed by atoms with Crippen LogP contribution in [0.4, 0.5) is 17.1 Å². The number of non-ortho nitro benzene ring substituents is 1. The first-order chi connectivity index (χ1) is 13.8. The molecule has 0 spiro atoms. The largest absolute Gasteiger partial charge is 0.459 e. The predicted octanol–water partition coefficient (Wildman–Crippen LogP) is 1.75. The fraction of sp³-hybridized carbons (Fsp3) is 0.222. The molecule has 0 aliphatic heterocycles. The Morgan fingerprint density at radius 3 is 2.07 bits per heavy atom. The first-order valence-corrected chi connectivity index (χ1v) is 8.46. The van der Waals surface area contributed by atoms with Gasteiger partial charge in [-0.2, -0.15) is 0 Å². The minimum Gasteiger partial charge on any atom is -0.459 e. The molecule has 2 rings (SSSR count). The summed E-state index contributed by atoms with van der Waals surface area (Å²) in [6.07, 6.45) is 0. The third-order valence-corrected chi connectivity index (χ3v) is 3.63. The van der Waals surface area contributed by atoms with Gasteiger partial charge in [-0.25, -0.2) is 9.59 Å². The van der Waals surface area contributed by atoms with Gasteiger partial charge in [0, 0.05) is 6.07 Å². The molecule has 2 aromatic carbocycles. The molecule has 0 aliphatic carbocycles. The van der Waals surface area contributed by atoms with Crippen LogP contribution < -0.4 is 10.6 Å². The maximum absolute atomic E-state index is 12.1. The van der Waals surface area contributed by atoms with Gasteiger partial charge in [0.15, 0.2) is 0 Å². The zero-order valence-electron chi connectivity index (χ0n) is 15.5. The molecule has 11 heteroatoms. The monoisotopic (exact) mass is 403 g/mol. The molecule has 2 N–H and O–H groups in total. The molecule has 152 valence electrons. The zero-order chi connectivity index (χ0) is 21.6. The maximum Gasteiger partial charge on any atom is 0.397 e. The van der Waals surface area contributed by atoms with Gasteiger partial charge in [0.05, 0.1) is 34.9 Å². The number of nitro groups is 1. The number of carbonyl (C=O) groups excluding carboxylic acids is 4. The number of amides is 2. The molecule has 0 unspecified atom stereocenters. The van der Waals surface area contributed by atoms with Crippen LogP contribution in [0.25, 0.3) is 10.8 Å². The van der Waals surface area contributed by atoms with Gasteiger partial charge in [0.25, 0.3) is 5.69 Å². The van der Waals surface area contributed by atoms with Crippen LogP contribution in [0.2, 0.25) is 0 Å². The van der Waals surface area contributed by atoms with E-state index in [1.54, 1.807) is 6.07 Å². The van der Waals surface area contributed by atoms with Crippen LogP contribution in [0.15, 0.2) is 30.3 Å². The van der Waals surface area contributed by atoms with Gasteiger partial charge in [-0.05, 0) is 25.3 Å². The molecule has 2 aromatic rings. The lowest BCUT2D eigenvalue weighted by molar-refractivity contribution is -0.383. The van der Waals surface area contributed by atoms with Gasteiger partial charge >= 0.3 is 23.8 Å². The number of nitro benzene ring substituents is 1. The molecule has 0 fully saturated rings. The molecule has 0 heterocycles. The molecule has 11 nitrogen and oxygen atoms in total. The van der Waals surface area contributed by atoms with Crippen molar-refractivity contribution >= 4 is 51.6 Å². The molecule has 0 saturated carbocycles. The van der Waals surface area contributed by atoms with E-state index in [0.29, 0.717) is 5.39 Å². The highest BCUT2D eigenvalue weighted by Crippen LogP contribution is 2.37. The minimum absolute atomic E-state index is 0.0398. The van der Waals surface area contributed by atoms with Crippen LogP contribution in [0.5, 0.6) is 0 Å². The predicted molar refractivity (Wildman–Crippen MR) is 101 cm³/mol. The summed E-state index contributed by atoms with van der Waals surface area (Å²) in [5.41, 5.74) is -0.748. The summed E-state index contributed by atoms with van der Waals surface area (Å²) in [5, 5.41) is 16.2. The van der Waals surface area contributed by atoms with Gasteiger partial charge in [0.2, 0.25) is 0 Å². The van der Waals surface area contributed by atoms with Crippen molar-refractivity contribution in [2.75, 3.05) is 23.8 Å². The lowest BCUT2D eigenvalue weighted by atomic mass is 10.0. The fourth-order valence-corrected chi connectivity index (χ4v) is 2.48. The standard InChI is InChI=1S/C18H17N3O8/c1-3-28-17(24)15(22)19-11-9-8-10-6-5-7-12(21(26)27)13(10)14(11)20-16(23)18(25)29-4-2/h5-9H,3-4H2,1-2H3,(H,19,22)(H,20,23). The normalized spacial score (nSPS) is 10.1. The number of nitrogens with one attached hydrogen (secondary N) is 2. The first-order valence-electron chi connectivity index (χ1n) is 8.46. The summed E-state index contributed by atoms with van der Waals surface area (Å²) < 4.78 is 9.21. The van der Waals surface area contributed by atoms with Crippen LogP contribution in [-0.2, 0) is 28.7 Å². The van der Waals surface area contributed by atoms with E-state index in [4.69, 9.17) is 0 Å². The smallest absolute Gasteiger partial charge is 0.397 e. The molecular weight excluding hydrogens is 386 g/mol. The average Bonchev–Trinajstić information content (AvgIpc) is 2.69. The lowest BCUT2D eigenvalue weighted by Crippen LogP contribution is -2.28. The summed E-state index contributed by atoms with van der Waals surface area (Å²) in [6.45, 7) is 2.91. The van der Waals surface area contributed by atoms with E-state index in [1.165, 1.54) is 38.1 Å². The number of ether oxygens (including phenoxy) is 2. The van der Waals surface area contributed by atoms with Crippen molar-refractivity contribution in [3.8, 4) is 0 Å². The number of hydrogen-bond acceptors (Lipinski definition) is 8. The van der Waals surface area contributed by atoms with E-state index >= 15 is 0 Å². The lowest BCUT2D eigenvalue weighted by Gasteiger charge is -2.14. The van der Waals surface area contributed by atoms with E-state index < -0.39 is 28.7 Å². The van der Waals surface area contributed by atoms with Gasteiger partial charge < -0.3 is 20.1 Å². The van der Waals surface area contributed by atoms with Crippen molar-refractivity contribution < 1.29 is 33.6 Å². The highest BCUT2D eigenvalue weighted by Gasteiger charge is 2.25. The van der Waals surface area contributed by atoms with Crippen molar-refractivity contribution in [2.45, 2.75) is 13.8 Å². The number of benzene rings is 2. The molecule has 0 atom stereocenters. The van der Waals surface area contributed by atoms with Gasteiger partial charge in [-0.15, -0.1) is 0 Å². The highest BCUT2D eigenvalue weighted by atomic mass is 16.6. The molecule has 0 aliphatic rings. The Kier molecular flexibility index (Phi) is 6.80. The Hall–Kier alpha value is -4.02. The Bertz CT molecular complexity index is 1000. The van der Waals surface area contributed by atoms with E-state index in [-0.39, 0.29) is 35.7 Å². The second kappa shape index (κ2) is 9.26. The van der Waals surface area contributed by atoms with Crippen molar-refractivity contribution in [1.29, 1.82) is 0 Å². The summed E-state index contributed by atoms with van der Waals surface area (Å²) >= 11 is 0. The maximum atomic E-state index is 12.1. The molecule has 0 bridgehead atoms. The quantitative estimate of drug-likeness (QED) is 0.331. The van der Waals surface area contributed by atoms with Crippen molar-refractivity contribution in [3.05, 3.63) is 40.4 Å². The highest BCUT2D eigenvalue weighted by molar-refractivity contribution is 6.40. The van der Waals surface area contributed by atoms with Crippen LogP contribution in [0, 0.1) is 10.1 Å². The van der Waals surface area contributed by atoms with Gasteiger partial charge in [-0.3, -0.25) is 19.7 Å². The number of rotatable bonds is 5. The third-order valence-electron chi connectivity index (χ3n) is 3.63. The molecule has 0 saturated heterocycles. The van der Waals surface area contributed by atoms with Crippen LogP contribution in [0.1, 0.15) is 13.8 Å². The van der Waals surface area contributed by atoms with E-state index in [9.17, 15) is 29.3 Å². The Morgan fingerprint density at radius 1 is 0.931 bits per heavy atom. The van der Waals surface area contributed by atoms with Crippen LogP contribution >= 0.6 is 0 Å². The summed E-state index contributed by atoms with van der Waals surface area (Å²) in [7, 11) is 0. The van der Waals surface area contributed by atoms with Crippen molar-refractivity contribution in [2.24, 2.45) is 0 Å². The van der Waals surface area contributed by atoms with E-state index in [2.05, 4.69) is 20.1 Å². The summed E-state index contributed by atoms with van der Waals surface area (Å²) in [5.74, 6) is -4.76. The average molecular weight is 403 g/mol. The number of hydrogen-bond donors (Lipinski definition) is 2. The first kappa shape index (κ1) is 21.3. The second-order valence-corrected chi connectivity index (χ2v) is 5.47. The topological polar surface area (TPSA) is 154 Å². The Labute approximate surface area is 164 Å². The van der Waals surface area contributed by atoms with Gasteiger partial charge in [0.1, 0.15) is 0 Å². The summed E-state index contributed by atoms with van der Waals surface area (Å²) in [4.78, 5) is 58.2. The third kappa shape index (κ3) is 4.83. The molecule has 29 heavy (non-hydrogen) atoms. The Balaban J connectivity index is 2.60. The number of carbonyl (C=O) groups is 4. The number of esters is 2. The molecular formula is C18H17N3O8. The number of anilines is 2. The van der Waals surface area contributed by atoms with E-state index in [0.717, 1.165) is 0 Å². The summed E-state index contributed by atoms with van der Waals surface area (Å²) in [6, 6.07) is 6.94. The second-order valence-electron chi connectivity index (χ2n) is 5.47. The van der Waals surface area contributed by atoms with Gasteiger partial charge in [-0.1, -0.05) is 18.2 Å². The SMILES string of the molecule is CCOC(=O)C(=O)Nc1ccc2cccc([N+](=O)[O-])c2c1NC(=O)C(=O)OCC. The zero-order valence-corrected chi connectivity index (χ0v) is 15.5. The van der Waals surface area contributed by atoms with Crippen molar-refractivity contribution in [1.82, 2.24) is 0 Å². The molecule has 0 aromatic heterocycles.